The minimum Gasteiger partial charge on any atom is -0.208 e. The molecule has 0 aromatic heterocycles. The van der Waals surface area contributed by atoms with Gasteiger partial charge < -0.3 is 0 Å². The summed E-state index contributed by atoms with van der Waals surface area (Å²) in [6.45, 7) is 3.75. The van der Waals surface area contributed by atoms with Gasteiger partial charge in [0.05, 0.1) is 0 Å². The Balaban J connectivity index is 3.03. The van der Waals surface area contributed by atoms with Crippen LogP contribution in [0.1, 0.15) is 5.56 Å². The Hall–Kier alpha value is -1.55. The minimum atomic E-state index is 0.899. The predicted octanol–water partition coefficient (Wildman–Crippen LogP) is 1.64. The van der Waals surface area contributed by atoms with Crippen molar-refractivity contribution in [2.24, 2.45) is 0 Å². The van der Waals surface area contributed by atoms with Gasteiger partial charge in [-0.05, 0) is 12.1 Å². The number of hydrogen-bond donors (Lipinski definition) is 0. The van der Waals surface area contributed by atoms with Crippen molar-refractivity contribution in [3.8, 4) is 12.3 Å². The summed E-state index contributed by atoms with van der Waals surface area (Å²) in [5.41, 5.74) is 1.96. The summed E-state index contributed by atoms with van der Waals surface area (Å²) >= 11 is 0. The van der Waals surface area contributed by atoms with Crippen molar-refractivity contribution in [2.75, 3.05) is 7.05 Å². The highest BCUT2D eigenvalue weighted by molar-refractivity contribution is 5.41. The fourth-order valence-corrected chi connectivity index (χ4v) is 0.812. The SMILES string of the molecule is C#Cc1ccc([N+](=C)C)cc1. The molecule has 0 aliphatic rings. The average molecular weight is 144 g/mol. The highest BCUT2D eigenvalue weighted by Gasteiger charge is 1.97. The molecule has 0 saturated carbocycles. The molecule has 0 atom stereocenters. The van der Waals surface area contributed by atoms with E-state index in [-0.39, 0.29) is 0 Å². The highest BCUT2D eigenvalue weighted by atomic mass is 14.9. The Morgan fingerprint density at radius 3 is 2.27 bits per heavy atom. The maximum atomic E-state index is 5.20. The average Bonchev–Trinajstić information content (AvgIpc) is 2.05. The van der Waals surface area contributed by atoms with Crippen LogP contribution in [-0.2, 0) is 0 Å². The molecular weight excluding hydrogens is 134 g/mol. The zero-order valence-electron chi connectivity index (χ0n) is 6.54. The Kier molecular flexibility index (Phi) is 2.08. The van der Waals surface area contributed by atoms with Gasteiger partial charge in [0.25, 0.3) is 0 Å². The summed E-state index contributed by atoms with van der Waals surface area (Å²) in [4.78, 5) is 0. The summed E-state index contributed by atoms with van der Waals surface area (Å²) in [5.74, 6) is 2.55. The summed E-state index contributed by atoms with van der Waals surface area (Å²) < 4.78 is 1.79. The lowest BCUT2D eigenvalue weighted by atomic mass is 10.2. The van der Waals surface area contributed by atoms with Crippen molar-refractivity contribution >= 4 is 12.4 Å². The van der Waals surface area contributed by atoms with Gasteiger partial charge >= 0.3 is 0 Å². The van der Waals surface area contributed by atoms with E-state index < -0.39 is 0 Å². The van der Waals surface area contributed by atoms with Gasteiger partial charge in [0.15, 0.2) is 0 Å². The Labute approximate surface area is 67.0 Å². The molecule has 0 fully saturated rings. The van der Waals surface area contributed by atoms with E-state index in [4.69, 9.17) is 6.42 Å². The van der Waals surface area contributed by atoms with Crippen LogP contribution in [0.4, 0.5) is 5.69 Å². The molecule has 0 heterocycles. The van der Waals surface area contributed by atoms with Crippen molar-refractivity contribution in [3.05, 3.63) is 29.8 Å². The van der Waals surface area contributed by atoms with Crippen molar-refractivity contribution < 1.29 is 4.58 Å². The molecule has 0 amide bonds. The largest absolute Gasteiger partial charge is 0.208 e. The lowest BCUT2D eigenvalue weighted by Crippen LogP contribution is -1.91. The van der Waals surface area contributed by atoms with E-state index in [1.165, 1.54) is 0 Å². The van der Waals surface area contributed by atoms with Crippen LogP contribution in [0.15, 0.2) is 24.3 Å². The van der Waals surface area contributed by atoms with Crippen LogP contribution in [0.25, 0.3) is 0 Å². The fraction of sp³-hybridized carbons (Fsp3) is 0.100. The second-order valence-electron chi connectivity index (χ2n) is 2.39. The Morgan fingerprint density at radius 2 is 1.91 bits per heavy atom. The first-order chi connectivity index (χ1) is 5.24. The zero-order valence-corrected chi connectivity index (χ0v) is 6.54. The van der Waals surface area contributed by atoms with Crippen molar-refractivity contribution in [1.29, 1.82) is 0 Å². The summed E-state index contributed by atoms with van der Waals surface area (Å²) in [7, 11) is 1.89. The van der Waals surface area contributed by atoms with E-state index in [1.54, 1.807) is 4.58 Å². The molecule has 1 nitrogen and oxygen atoms in total. The maximum absolute atomic E-state index is 5.20. The molecule has 0 aliphatic carbocycles. The first-order valence-corrected chi connectivity index (χ1v) is 3.35. The van der Waals surface area contributed by atoms with Crippen molar-refractivity contribution in [3.63, 3.8) is 0 Å². The standard InChI is InChI=1S/C10H10N/c1-4-9-5-7-10(8-6-9)11(2)3/h1,5-8H,2H2,3H3/q+1. The number of hydrogen-bond acceptors (Lipinski definition) is 0. The molecule has 11 heavy (non-hydrogen) atoms. The maximum Gasteiger partial charge on any atom is 0.204 e. The van der Waals surface area contributed by atoms with Crippen LogP contribution in [0.2, 0.25) is 0 Å². The van der Waals surface area contributed by atoms with E-state index in [0.717, 1.165) is 11.3 Å². The highest BCUT2D eigenvalue weighted by Crippen LogP contribution is 2.09. The van der Waals surface area contributed by atoms with E-state index in [2.05, 4.69) is 12.6 Å². The molecule has 1 rings (SSSR count). The number of nitrogens with zero attached hydrogens (tertiary/aromatic N) is 1. The van der Waals surface area contributed by atoms with Crippen molar-refractivity contribution in [2.45, 2.75) is 0 Å². The van der Waals surface area contributed by atoms with Gasteiger partial charge in [-0.2, -0.15) is 0 Å². The molecule has 1 aromatic rings. The molecule has 0 spiro atoms. The summed E-state index contributed by atoms with van der Waals surface area (Å²) in [6, 6.07) is 7.69. The zero-order chi connectivity index (χ0) is 8.27. The Bertz CT molecular complexity index is 301. The van der Waals surface area contributed by atoms with Gasteiger partial charge in [0.2, 0.25) is 5.69 Å². The third-order valence-electron chi connectivity index (χ3n) is 1.47. The molecule has 1 heteroatoms. The smallest absolute Gasteiger partial charge is 0.204 e. The molecule has 0 aliphatic heterocycles. The van der Waals surface area contributed by atoms with E-state index in [0.29, 0.717) is 0 Å². The molecule has 0 bridgehead atoms. The van der Waals surface area contributed by atoms with E-state index in [9.17, 15) is 0 Å². The second-order valence-corrected chi connectivity index (χ2v) is 2.39. The van der Waals surface area contributed by atoms with Gasteiger partial charge in [-0.3, -0.25) is 0 Å². The van der Waals surface area contributed by atoms with Gasteiger partial charge in [0, 0.05) is 17.7 Å². The van der Waals surface area contributed by atoms with Crippen LogP contribution >= 0.6 is 0 Å². The van der Waals surface area contributed by atoms with Crippen molar-refractivity contribution in [1.82, 2.24) is 0 Å². The van der Waals surface area contributed by atoms with Gasteiger partial charge in [0.1, 0.15) is 13.8 Å². The number of terminal acetylenes is 1. The molecule has 0 unspecified atom stereocenters. The normalized spacial score (nSPS) is 8.73. The van der Waals surface area contributed by atoms with Crippen LogP contribution in [0, 0.1) is 12.3 Å². The lowest BCUT2D eigenvalue weighted by Gasteiger charge is -1.92. The van der Waals surface area contributed by atoms with Gasteiger partial charge in [-0.25, -0.2) is 4.58 Å². The summed E-state index contributed by atoms with van der Waals surface area (Å²) in [5, 5.41) is 0. The third kappa shape index (κ3) is 1.68. The van der Waals surface area contributed by atoms with Gasteiger partial charge in [-0.15, -0.1) is 6.42 Å². The first kappa shape index (κ1) is 7.56. The number of benzene rings is 1. The van der Waals surface area contributed by atoms with E-state index in [1.807, 2.05) is 31.3 Å². The quantitative estimate of drug-likeness (QED) is 0.320. The molecule has 0 N–H and O–H groups in total. The topological polar surface area (TPSA) is 3.01 Å². The third-order valence-corrected chi connectivity index (χ3v) is 1.47. The fourth-order valence-electron chi connectivity index (χ4n) is 0.812. The molecule has 0 radical (unpaired) electrons. The van der Waals surface area contributed by atoms with Crippen LogP contribution < -0.4 is 0 Å². The molecule has 54 valence electrons. The second kappa shape index (κ2) is 3.03. The van der Waals surface area contributed by atoms with Crippen LogP contribution in [0.3, 0.4) is 0 Å². The van der Waals surface area contributed by atoms with Crippen LogP contribution in [0.5, 0.6) is 0 Å². The van der Waals surface area contributed by atoms with Gasteiger partial charge in [-0.1, -0.05) is 5.92 Å². The molecule has 1 aromatic carbocycles. The lowest BCUT2D eigenvalue weighted by molar-refractivity contribution is -0.394. The van der Waals surface area contributed by atoms with Crippen LogP contribution in [-0.4, -0.2) is 18.3 Å². The monoisotopic (exact) mass is 144 g/mol. The summed E-state index contributed by atoms with van der Waals surface area (Å²) in [6.07, 6.45) is 5.20. The minimum absolute atomic E-state index is 0.899. The van der Waals surface area contributed by atoms with E-state index >= 15 is 0 Å². The molecule has 0 saturated heterocycles. The molecular formula is C10H10N+. The first-order valence-electron chi connectivity index (χ1n) is 3.35. The Morgan fingerprint density at radius 1 is 1.36 bits per heavy atom. The number of rotatable bonds is 1. The predicted molar refractivity (Wildman–Crippen MR) is 47.3 cm³/mol.